The van der Waals surface area contributed by atoms with Crippen LogP contribution < -0.4 is 0 Å². The number of benzene rings is 5. The van der Waals surface area contributed by atoms with Crippen LogP contribution in [0.25, 0.3) is 74.8 Å². The van der Waals surface area contributed by atoms with Gasteiger partial charge in [0.05, 0.1) is 16.8 Å². The fraction of sp³-hybridized carbons (Fsp3) is 0.0588. The summed E-state index contributed by atoms with van der Waals surface area (Å²) in [5.74, 6) is 0.752. The molecule has 9 rings (SSSR count). The molecule has 0 aliphatic heterocycles. The van der Waals surface area contributed by atoms with E-state index >= 15 is 0 Å². The molecule has 39 heavy (non-hydrogen) atoms. The summed E-state index contributed by atoms with van der Waals surface area (Å²) in [4.78, 5) is 9.73. The Morgan fingerprint density at radius 2 is 1.36 bits per heavy atom. The summed E-state index contributed by atoms with van der Waals surface area (Å²) in [6.45, 7) is 2.56. The number of para-hydroxylation sites is 2. The topological polar surface area (TPSA) is 43.9 Å². The van der Waals surface area contributed by atoms with E-state index < -0.39 is 0 Å². The van der Waals surface area contributed by atoms with Crippen molar-refractivity contribution in [2.45, 2.75) is 13.5 Å². The maximum absolute atomic E-state index is 6.38. The van der Waals surface area contributed by atoms with Crippen molar-refractivity contribution < 1.29 is 4.42 Å². The van der Waals surface area contributed by atoms with Gasteiger partial charge < -0.3 is 8.98 Å². The Morgan fingerprint density at radius 1 is 0.692 bits per heavy atom. The van der Waals surface area contributed by atoms with Crippen LogP contribution in [0.15, 0.2) is 101 Å². The third-order valence-corrected chi connectivity index (χ3v) is 9.13. The minimum absolute atomic E-state index is 0.589. The number of thiophene rings is 1. The molecule has 4 nitrogen and oxygen atoms in total. The lowest BCUT2D eigenvalue weighted by molar-refractivity contribution is 0.651. The molecule has 9 aromatic rings. The molecular weight excluding hydrogens is 498 g/mol. The first-order valence-corrected chi connectivity index (χ1v) is 14.0. The van der Waals surface area contributed by atoms with Crippen LogP contribution in [0.5, 0.6) is 0 Å². The first kappa shape index (κ1) is 21.2. The van der Waals surface area contributed by atoms with Crippen LogP contribution in [0.2, 0.25) is 0 Å². The van der Waals surface area contributed by atoms with Crippen molar-refractivity contribution in [3.8, 4) is 0 Å². The Morgan fingerprint density at radius 3 is 2.21 bits per heavy atom. The van der Waals surface area contributed by atoms with Gasteiger partial charge in [0.15, 0.2) is 5.58 Å². The molecule has 0 saturated carbocycles. The minimum Gasteiger partial charge on any atom is -0.452 e. The summed E-state index contributed by atoms with van der Waals surface area (Å²) in [7, 11) is 0. The predicted molar refractivity (Wildman–Crippen MR) is 163 cm³/mol. The lowest BCUT2D eigenvalue weighted by Crippen LogP contribution is -2.04. The number of fused-ring (bicyclic) bond motifs is 13. The van der Waals surface area contributed by atoms with E-state index in [1.165, 1.54) is 52.8 Å². The van der Waals surface area contributed by atoms with Gasteiger partial charge in [-0.25, -0.2) is 9.97 Å². The SMILES string of the molecule is Cc1nc(Cn2c3ccccc3c3c4ccccc4c4c5ccccc5sc4c32)c2oc3ccccc3c2n1. The van der Waals surface area contributed by atoms with Crippen LogP contribution in [-0.4, -0.2) is 14.5 Å². The fourth-order valence-corrected chi connectivity index (χ4v) is 7.68. The molecule has 0 aliphatic rings. The van der Waals surface area contributed by atoms with Gasteiger partial charge in [-0.2, -0.15) is 0 Å². The lowest BCUT2D eigenvalue weighted by atomic mass is 9.99. The van der Waals surface area contributed by atoms with Gasteiger partial charge in [-0.3, -0.25) is 0 Å². The highest BCUT2D eigenvalue weighted by Gasteiger charge is 2.22. The van der Waals surface area contributed by atoms with Crippen molar-refractivity contribution >= 4 is 86.2 Å². The second-order valence-corrected chi connectivity index (χ2v) is 11.2. The number of nitrogens with zero attached hydrogens (tertiary/aromatic N) is 3. The van der Waals surface area contributed by atoms with Gasteiger partial charge in [-0.15, -0.1) is 11.3 Å². The largest absolute Gasteiger partial charge is 0.452 e. The first-order valence-electron chi connectivity index (χ1n) is 13.1. The van der Waals surface area contributed by atoms with Crippen molar-refractivity contribution in [1.29, 1.82) is 0 Å². The molecule has 0 radical (unpaired) electrons. The highest BCUT2D eigenvalue weighted by atomic mass is 32.1. The van der Waals surface area contributed by atoms with Crippen LogP contribution in [0.3, 0.4) is 0 Å². The number of hydrogen-bond donors (Lipinski definition) is 0. The number of rotatable bonds is 2. The molecule has 0 N–H and O–H groups in total. The Labute approximate surface area is 226 Å². The Kier molecular flexibility index (Phi) is 4.16. The zero-order valence-electron chi connectivity index (χ0n) is 21.1. The summed E-state index contributed by atoms with van der Waals surface area (Å²) >= 11 is 1.88. The first-order chi connectivity index (χ1) is 19.3. The Bertz CT molecular complexity index is 2440. The molecule has 5 aromatic carbocycles. The average molecular weight is 520 g/mol. The van der Waals surface area contributed by atoms with Gasteiger partial charge in [0, 0.05) is 37.1 Å². The molecular formula is C34H21N3OS. The molecule has 184 valence electrons. The standard InChI is InChI=1S/C34H21N3OS/c1-19-35-25(33-31(36-19)23-13-5-8-16-27(23)38-33)18-37-26-15-7-4-12-22(26)29-20-10-2-3-11-21(20)30-24-14-6-9-17-28(24)39-34(30)32(29)37/h2-17H,18H2,1H3. The fourth-order valence-electron chi connectivity index (χ4n) is 6.40. The van der Waals surface area contributed by atoms with Crippen molar-refractivity contribution in [3.05, 3.63) is 109 Å². The van der Waals surface area contributed by atoms with E-state index in [1.54, 1.807) is 0 Å². The zero-order valence-corrected chi connectivity index (χ0v) is 21.9. The smallest absolute Gasteiger partial charge is 0.177 e. The van der Waals surface area contributed by atoms with E-state index in [4.69, 9.17) is 14.4 Å². The van der Waals surface area contributed by atoms with E-state index in [9.17, 15) is 0 Å². The molecule has 4 heterocycles. The molecule has 4 aromatic heterocycles. The molecule has 0 atom stereocenters. The third kappa shape index (κ3) is 2.83. The van der Waals surface area contributed by atoms with Gasteiger partial charge in [0.25, 0.3) is 0 Å². The van der Waals surface area contributed by atoms with E-state index in [2.05, 4.69) is 83.4 Å². The maximum Gasteiger partial charge on any atom is 0.177 e. The van der Waals surface area contributed by atoms with E-state index in [1.807, 2.05) is 36.5 Å². The highest BCUT2D eigenvalue weighted by molar-refractivity contribution is 7.27. The van der Waals surface area contributed by atoms with Crippen LogP contribution in [0.4, 0.5) is 0 Å². The molecule has 0 aliphatic carbocycles. The van der Waals surface area contributed by atoms with Gasteiger partial charge in [-0.1, -0.05) is 72.8 Å². The maximum atomic E-state index is 6.38. The molecule has 0 saturated heterocycles. The summed E-state index contributed by atoms with van der Waals surface area (Å²) < 4.78 is 11.4. The Balaban J connectivity index is 1.47. The van der Waals surface area contributed by atoms with Gasteiger partial charge in [0.1, 0.15) is 22.6 Å². The lowest BCUT2D eigenvalue weighted by Gasteiger charge is -2.10. The van der Waals surface area contributed by atoms with Crippen molar-refractivity contribution in [2.75, 3.05) is 0 Å². The summed E-state index contributed by atoms with van der Waals surface area (Å²) in [6.07, 6.45) is 0. The van der Waals surface area contributed by atoms with E-state index in [-0.39, 0.29) is 0 Å². The molecule has 0 fully saturated rings. The number of furan rings is 1. The number of hydrogen-bond acceptors (Lipinski definition) is 4. The van der Waals surface area contributed by atoms with Gasteiger partial charge in [-0.05, 0) is 42.0 Å². The molecule has 5 heteroatoms. The third-order valence-electron chi connectivity index (χ3n) is 7.96. The van der Waals surface area contributed by atoms with Crippen LogP contribution >= 0.6 is 11.3 Å². The van der Waals surface area contributed by atoms with Crippen LogP contribution in [-0.2, 0) is 6.54 Å². The average Bonchev–Trinajstić information content (AvgIpc) is 3.64. The quantitative estimate of drug-likeness (QED) is 0.228. The predicted octanol–water partition coefficient (Wildman–Crippen LogP) is 9.36. The number of aryl methyl sites for hydroxylation is 1. The van der Waals surface area contributed by atoms with Crippen molar-refractivity contribution in [1.82, 2.24) is 14.5 Å². The van der Waals surface area contributed by atoms with Crippen LogP contribution in [0, 0.1) is 6.92 Å². The monoisotopic (exact) mass is 519 g/mol. The summed E-state index contributed by atoms with van der Waals surface area (Å²) in [6, 6.07) is 34.5. The highest BCUT2D eigenvalue weighted by Crippen LogP contribution is 2.47. The summed E-state index contributed by atoms with van der Waals surface area (Å²) in [5.41, 5.74) is 5.84. The minimum atomic E-state index is 0.589. The number of aromatic nitrogens is 3. The van der Waals surface area contributed by atoms with E-state index in [0.29, 0.717) is 6.54 Å². The summed E-state index contributed by atoms with van der Waals surface area (Å²) in [5, 5.41) is 8.81. The van der Waals surface area contributed by atoms with Gasteiger partial charge >= 0.3 is 0 Å². The molecule has 0 spiro atoms. The molecule has 0 unspecified atom stereocenters. The van der Waals surface area contributed by atoms with Crippen molar-refractivity contribution in [2.24, 2.45) is 0 Å². The Hall–Kier alpha value is -4.74. The molecule has 0 bridgehead atoms. The second kappa shape index (κ2) is 7.65. The normalized spacial score (nSPS) is 12.3. The second-order valence-electron chi connectivity index (χ2n) is 10.2. The zero-order chi connectivity index (χ0) is 25.7. The molecule has 0 amide bonds. The van der Waals surface area contributed by atoms with E-state index in [0.717, 1.165) is 33.6 Å². The van der Waals surface area contributed by atoms with Crippen LogP contribution in [0.1, 0.15) is 11.5 Å². The van der Waals surface area contributed by atoms with Crippen molar-refractivity contribution in [3.63, 3.8) is 0 Å². The van der Waals surface area contributed by atoms with Gasteiger partial charge in [0.2, 0.25) is 0 Å².